The van der Waals surface area contributed by atoms with E-state index in [1.807, 2.05) is 0 Å². The first kappa shape index (κ1) is 31.1. The van der Waals surface area contributed by atoms with Gasteiger partial charge in [-0.15, -0.1) is 82.2 Å². The molecule has 0 atom stereocenters. The van der Waals surface area contributed by atoms with Crippen LogP contribution in [-0.4, -0.2) is 9.13 Å². The summed E-state index contributed by atoms with van der Waals surface area (Å²) in [6.45, 7) is 2.16. The zero-order chi connectivity index (χ0) is 26.6. The van der Waals surface area contributed by atoms with Crippen LogP contribution in [0.15, 0.2) is 127 Å². The van der Waals surface area contributed by atoms with Gasteiger partial charge in [0, 0.05) is 22.2 Å². The molecule has 0 bridgehead atoms. The summed E-state index contributed by atoms with van der Waals surface area (Å²) >= 11 is 0. The van der Waals surface area contributed by atoms with Crippen LogP contribution in [0.3, 0.4) is 0 Å². The third-order valence-electron chi connectivity index (χ3n) is 8.55. The molecule has 0 amide bonds. The van der Waals surface area contributed by atoms with E-state index in [1.54, 1.807) is 5.56 Å². The Morgan fingerprint density at radius 3 is 1.74 bits per heavy atom. The number of halogens is 2. The fourth-order valence-electron chi connectivity index (χ4n) is 6.79. The maximum absolute atomic E-state index is 2.48. The molecule has 0 saturated heterocycles. The summed E-state index contributed by atoms with van der Waals surface area (Å²) in [5, 5.41) is 8.00. The molecule has 2 heterocycles. The minimum atomic E-state index is 0. The van der Waals surface area contributed by atoms with Gasteiger partial charge in [0.15, 0.2) is 0 Å². The Labute approximate surface area is 283 Å². The van der Waals surface area contributed by atoms with Crippen molar-refractivity contribution in [2.75, 3.05) is 0 Å². The summed E-state index contributed by atoms with van der Waals surface area (Å²) in [5.41, 5.74) is 9.56. The molecule has 5 heteroatoms. The third kappa shape index (κ3) is 5.33. The van der Waals surface area contributed by atoms with E-state index in [4.69, 9.17) is 0 Å². The normalized spacial score (nSPS) is 11.9. The summed E-state index contributed by atoms with van der Waals surface area (Å²) in [6.07, 6.45) is 3.71. The van der Waals surface area contributed by atoms with Gasteiger partial charge in [-0.1, -0.05) is 48.5 Å². The van der Waals surface area contributed by atoms with Crippen LogP contribution in [0.4, 0.5) is 0 Å². The molecule has 0 radical (unpaired) electrons. The van der Waals surface area contributed by atoms with Gasteiger partial charge in [0.1, 0.15) is 0 Å². The van der Waals surface area contributed by atoms with Gasteiger partial charge in [-0.3, -0.25) is 0 Å². The first-order valence-corrected chi connectivity index (χ1v) is 14.2. The van der Waals surface area contributed by atoms with Crippen LogP contribution in [0.25, 0.3) is 54.7 Å². The largest absolute Gasteiger partial charge is 4.00 e. The van der Waals surface area contributed by atoms with Crippen molar-refractivity contribution in [2.24, 2.45) is 0 Å². The van der Waals surface area contributed by atoms with Crippen molar-refractivity contribution in [1.82, 2.24) is 9.13 Å². The average Bonchev–Trinajstić information content (AvgIpc) is 3.79. The molecule has 0 aliphatic heterocycles. The minimum absolute atomic E-state index is 0. The van der Waals surface area contributed by atoms with Crippen molar-refractivity contribution >= 4 is 43.4 Å². The number of aryl methyl sites for hydroxylation is 2. The molecule has 1 aliphatic rings. The van der Waals surface area contributed by atoms with Crippen LogP contribution in [-0.2, 0) is 39.0 Å². The van der Waals surface area contributed by atoms with Gasteiger partial charge >= 0.3 is 26.2 Å². The van der Waals surface area contributed by atoms with Crippen molar-refractivity contribution in [2.45, 2.75) is 26.2 Å². The topological polar surface area (TPSA) is 9.86 Å². The predicted molar refractivity (Wildman–Crippen MR) is 170 cm³/mol. The van der Waals surface area contributed by atoms with E-state index in [1.165, 1.54) is 85.4 Å². The van der Waals surface area contributed by atoms with E-state index >= 15 is 0 Å². The van der Waals surface area contributed by atoms with E-state index in [9.17, 15) is 0 Å². The van der Waals surface area contributed by atoms with Gasteiger partial charge in [-0.2, -0.15) is 0 Å². The second-order valence-electron chi connectivity index (χ2n) is 11.0. The summed E-state index contributed by atoms with van der Waals surface area (Å²) < 4.78 is 4.81. The third-order valence-corrected chi connectivity index (χ3v) is 8.55. The average molecular weight is 677 g/mol. The molecule has 0 fully saturated rings. The first-order valence-electron chi connectivity index (χ1n) is 14.2. The molecular weight excluding hydrogens is 647 g/mol. The van der Waals surface area contributed by atoms with Crippen molar-refractivity contribution in [3.8, 4) is 11.4 Å². The number of nitrogens with zero attached hydrogens (tertiary/aromatic N) is 2. The van der Waals surface area contributed by atoms with Crippen LogP contribution >= 0.6 is 0 Å². The number of fused-ring (bicyclic) bond motifs is 6. The molecule has 9 rings (SSSR count). The zero-order valence-corrected chi connectivity index (χ0v) is 27.9. The van der Waals surface area contributed by atoms with Gasteiger partial charge in [-0.25, -0.2) is 0 Å². The Morgan fingerprint density at radius 1 is 0.558 bits per heavy atom. The molecule has 2 aromatic heterocycles. The number of hydrogen-bond acceptors (Lipinski definition) is 0. The second kappa shape index (κ2) is 12.7. The van der Waals surface area contributed by atoms with Gasteiger partial charge in [0.25, 0.3) is 0 Å². The Bertz CT molecular complexity index is 2110. The Kier molecular flexibility index (Phi) is 9.18. The number of rotatable bonds is 2. The molecule has 2 nitrogen and oxygen atoms in total. The van der Waals surface area contributed by atoms with Crippen LogP contribution in [0.2, 0.25) is 0 Å². The fraction of sp³-hybridized carbons (Fsp3) is 0.105. The van der Waals surface area contributed by atoms with Gasteiger partial charge < -0.3 is 33.9 Å². The van der Waals surface area contributed by atoms with Gasteiger partial charge in [0.2, 0.25) is 0 Å². The van der Waals surface area contributed by atoms with Crippen LogP contribution in [0.5, 0.6) is 0 Å². The molecule has 0 unspecified atom stereocenters. The van der Waals surface area contributed by atoms with Crippen molar-refractivity contribution in [3.63, 3.8) is 0 Å². The molecule has 210 valence electrons. The smallest absolute Gasteiger partial charge is 1.00 e. The molecule has 1 aliphatic carbocycles. The van der Waals surface area contributed by atoms with Crippen LogP contribution in [0.1, 0.15) is 23.4 Å². The molecule has 0 N–H and O–H groups in total. The molecule has 8 aromatic rings. The van der Waals surface area contributed by atoms with Crippen molar-refractivity contribution in [3.05, 3.63) is 144 Å². The summed E-state index contributed by atoms with van der Waals surface area (Å²) in [7, 11) is 0. The van der Waals surface area contributed by atoms with Gasteiger partial charge in [0.05, 0.1) is 11.0 Å². The number of aromatic nitrogens is 2. The molecule has 43 heavy (non-hydrogen) atoms. The minimum Gasteiger partial charge on any atom is -1.00 e. The SMILES string of the molecule is Cc1cc2ccccc2n1-c1cc2ccccc2[cH-]1.[Cl-].[Cl-].[Zr+4].c1ccc2[cH-]c(-n3c4c(c5ccccc53)CCC4)cc2c1. The van der Waals surface area contributed by atoms with Gasteiger partial charge in [-0.05, 0) is 61.3 Å². The van der Waals surface area contributed by atoms with Crippen molar-refractivity contribution in [1.29, 1.82) is 0 Å². The summed E-state index contributed by atoms with van der Waals surface area (Å²) in [4.78, 5) is 0. The first-order chi connectivity index (χ1) is 19.7. The van der Waals surface area contributed by atoms with Crippen LogP contribution < -0.4 is 24.8 Å². The predicted octanol–water partition coefficient (Wildman–Crippen LogP) is 3.81. The van der Waals surface area contributed by atoms with E-state index in [-0.39, 0.29) is 51.0 Å². The van der Waals surface area contributed by atoms with E-state index in [0.29, 0.717) is 0 Å². The summed E-state index contributed by atoms with van der Waals surface area (Å²) in [5.74, 6) is 0. The van der Waals surface area contributed by atoms with E-state index in [0.717, 1.165) is 0 Å². The maximum atomic E-state index is 2.48. The maximum Gasteiger partial charge on any atom is 4.00 e. The molecule has 6 aromatic carbocycles. The Morgan fingerprint density at radius 2 is 1.09 bits per heavy atom. The number of hydrogen-bond donors (Lipinski definition) is 0. The van der Waals surface area contributed by atoms with Crippen LogP contribution in [0, 0.1) is 6.92 Å². The molecule has 0 spiro atoms. The van der Waals surface area contributed by atoms with E-state index < -0.39 is 0 Å². The standard InChI is InChI=1S/C20H16N.C18H14N.2ClH.Zr/c1-2-7-15-13-16(12-14(15)6-1)21-19-10-4-3-8-17(19)18-9-5-11-20(18)21;1-13-10-16-8-4-5-9-18(16)19(13)17-11-14-6-2-3-7-15(14)12-17;;;/h1-4,6-8,10,12-13H,5,9,11H2;2-12H,1H3;2*1H;/q2*-1;;;+4/p-2. The second-order valence-corrected chi connectivity index (χ2v) is 11.0. The molecular formula is C38H30Cl2N2Zr. The summed E-state index contributed by atoms with van der Waals surface area (Å²) in [6, 6.07) is 45.9. The number of benzene rings is 4. The number of para-hydroxylation sites is 2. The Balaban J connectivity index is 0.000000161. The zero-order valence-electron chi connectivity index (χ0n) is 23.9. The Hall–Kier alpha value is -3.36. The van der Waals surface area contributed by atoms with E-state index in [2.05, 4.69) is 143 Å². The molecule has 0 saturated carbocycles. The van der Waals surface area contributed by atoms with Crippen molar-refractivity contribution < 1.29 is 51.0 Å². The fourth-order valence-corrected chi connectivity index (χ4v) is 6.79. The monoisotopic (exact) mass is 674 g/mol. The quantitative estimate of drug-likeness (QED) is 0.247.